The summed E-state index contributed by atoms with van der Waals surface area (Å²) in [6, 6.07) is 10.9. The van der Waals surface area contributed by atoms with Crippen LogP contribution < -0.4 is 9.62 Å². The Kier molecular flexibility index (Phi) is 9.76. The topological polar surface area (TPSA) is 141 Å². The third-order valence-corrected chi connectivity index (χ3v) is 8.87. The average molecular weight is 580 g/mol. The third-order valence-electron chi connectivity index (χ3n) is 7.64. The molecule has 2 fully saturated rings. The van der Waals surface area contributed by atoms with Gasteiger partial charge in [-0.25, -0.2) is 13.4 Å². The number of nitrogens with one attached hydrogen (secondary N) is 1. The van der Waals surface area contributed by atoms with Crippen LogP contribution in [0.1, 0.15) is 84.6 Å². The second-order valence-electron chi connectivity index (χ2n) is 10.9. The molecule has 0 aliphatic carbocycles. The van der Waals surface area contributed by atoms with Gasteiger partial charge in [-0.3, -0.25) is 19.1 Å². The molecule has 218 valence electrons. The quantitative estimate of drug-likeness (QED) is 0.421. The summed E-state index contributed by atoms with van der Waals surface area (Å²) in [6.07, 6.45) is 3.95. The number of ketones is 1. The summed E-state index contributed by atoms with van der Waals surface area (Å²) in [6.45, 7) is 5.42. The number of aryl methyl sites for hydroxylation is 1. The van der Waals surface area contributed by atoms with Crippen molar-refractivity contribution in [2.24, 2.45) is 5.92 Å². The van der Waals surface area contributed by atoms with E-state index in [0.717, 1.165) is 18.4 Å². The number of carbonyl (C=O) groups is 3. The number of hydrogen-bond acceptors (Lipinski definition) is 8. The number of pyridine rings is 1. The molecular formula is C30H37N5O5S. The van der Waals surface area contributed by atoms with E-state index in [2.05, 4.69) is 10.8 Å². The Labute approximate surface area is 241 Å². The Bertz CT molecular complexity index is 1440. The van der Waals surface area contributed by atoms with Crippen molar-refractivity contribution in [3.8, 4) is 6.07 Å². The van der Waals surface area contributed by atoms with E-state index in [-0.39, 0.29) is 29.6 Å². The zero-order valence-corrected chi connectivity index (χ0v) is 24.5. The molecule has 1 aromatic carbocycles. The van der Waals surface area contributed by atoms with Crippen LogP contribution in [0.15, 0.2) is 30.3 Å². The zero-order chi connectivity index (χ0) is 29.6. The van der Waals surface area contributed by atoms with Gasteiger partial charge in [-0.2, -0.15) is 5.26 Å². The number of likely N-dealkylation sites (tertiary alicyclic amines) is 1. The van der Waals surface area contributed by atoms with Gasteiger partial charge in [0.2, 0.25) is 21.8 Å². The molecule has 2 amide bonds. The Morgan fingerprint density at radius 2 is 1.83 bits per heavy atom. The number of piperidine rings is 2. The van der Waals surface area contributed by atoms with Crippen molar-refractivity contribution in [2.45, 2.75) is 71.1 Å². The smallest absolute Gasteiger partial charge is 0.239 e. The van der Waals surface area contributed by atoms with Crippen molar-refractivity contribution in [3.63, 3.8) is 0 Å². The van der Waals surface area contributed by atoms with Crippen molar-refractivity contribution < 1.29 is 22.8 Å². The molecule has 4 rings (SSSR count). The van der Waals surface area contributed by atoms with Gasteiger partial charge in [-0.1, -0.05) is 36.8 Å². The van der Waals surface area contributed by atoms with Gasteiger partial charge in [0, 0.05) is 44.0 Å². The lowest BCUT2D eigenvalue weighted by Crippen LogP contribution is -2.43. The number of amides is 2. The third kappa shape index (κ3) is 7.70. The van der Waals surface area contributed by atoms with Gasteiger partial charge in [0.1, 0.15) is 11.9 Å². The molecule has 1 aromatic heterocycles. The molecule has 0 atom stereocenters. The first-order valence-corrected chi connectivity index (χ1v) is 15.8. The van der Waals surface area contributed by atoms with E-state index in [1.54, 1.807) is 23.1 Å². The minimum atomic E-state index is -3.85. The number of anilines is 1. The predicted octanol–water partition coefficient (Wildman–Crippen LogP) is 3.62. The first kappa shape index (κ1) is 30.2. The van der Waals surface area contributed by atoms with Crippen LogP contribution in [0, 0.1) is 24.2 Å². The van der Waals surface area contributed by atoms with Gasteiger partial charge < -0.3 is 9.80 Å². The maximum Gasteiger partial charge on any atom is 0.239 e. The van der Waals surface area contributed by atoms with Crippen LogP contribution in [-0.4, -0.2) is 55.5 Å². The molecule has 0 bridgehead atoms. The first-order chi connectivity index (χ1) is 19.6. The number of carbonyl (C=O) groups excluding carboxylic acids is 3. The minimum absolute atomic E-state index is 0.0296. The summed E-state index contributed by atoms with van der Waals surface area (Å²) in [4.78, 5) is 46.7. The molecule has 2 aliphatic rings. The van der Waals surface area contributed by atoms with Gasteiger partial charge in [0.15, 0.2) is 5.78 Å². The van der Waals surface area contributed by atoms with Crippen molar-refractivity contribution in [1.82, 2.24) is 14.6 Å². The van der Waals surface area contributed by atoms with Gasteiger partial charge in [0.25, 0.3) is 0 Å². The molecule has 2 aliphatic heterocycles. The Balaban J connectivity index is 1.47. The molecule has 0 unspecified atom stereocenters. The lowest BCUT2D eigenvalue weighted by molar-refractivity contribution is -0.134. The van der Waals surface area contributed by atoms with E-state index in [4.69, 9.17) is 4.98 Å². The number of nitrogens with zero attached hydrogens (tertiary/aromatic N) is 4. The van der Waals surface area contributed by atoms with Crippen LogP contribution in [0.2, 0.25) is 0 Å². The first-order valence-electron chi connectivity index (χ1n) is 14.2. The molecule has 3 heterocycles. The Morgan fingerprint density at radius 3 is 2.46 bits per heavy atom. The summed E-state index contributed by atoms with van der Waals surface area (Å²) in [5.41, 5.74) is 2.74. The number of hydrogen-bond donors (Lipinski definition) is 1. The van der Waals surface area contributed by atoms with Crippen molar-refractivity contribution in [1.29, 1.82) is 5.26 Å². The maximum atomic E-state index is 12.9. The van der Waals surface area contributed by atoms with Gasteiger partial charge in [0.05, 0.1) is 23.6 Å². The molecule has 0 spiro atoms. The highest BCUT2D eigenvalue weighted by Gasteiger charge is 2.31. The lowest BCUT2D eigenvalue weighted by Gasteiger charge is -2.33. The summed E-state index contributed by atoms with van der Waals surface area (Å²) >= 11 is 0. The van der Waals surface area contributed by atoms with E-state index in [0.29, 0.717) is 74.4 Å². The fraction of sp³-hybridized carbons (Fsp3) is 0.500. The average Bonchev–Trinajstić information content (AvgIpc) is 2.95. The van der Waals surface area contributed by atoms with Crippen LogP contribution in [0.3, 0.4) is 0 Å². The highest BCUT2D eigenvalue weighted by molar-refractivity contribution is 7.89. The molecular weight excluding hydrogens is 542 g/mol. The molecule has 41 heavy (non-hydrogen) atoms. The summed E-state index contributed by atoms with van der Waals surface area (Å²) in [5.74, 6) is -0.966. The van der Waals surface area contributed by atoms with Gasteiger partial charge in [-0.05, 0) is 50.7 Å². The second kappa shape index (κ2) is 13.3. The molecule has 10 nitrogen and oxygen atoms in total. The molecule has 11 heteroatoms. The van der Waals surface area contributed by atoms with Crippen molar-refractivity contribution in [3.05, 3.63) is 58.3 Å². The molecule has 0 radical (unpaired) electrons. The lowest BCUT2D eigenvalue weighted by atomic mass is 9.95. The molecule has 2 aromatic rings. The summed E-state index contributed by atoms with van der Waals surface area (Å²) < 4.78 is 27.5. The SMILES string of the molecule is CCCC(=O)c1cc(C#N)c(N2CCC(C(=O)NS(=O)(=O)Cc3ccc(C)cc3)CC2)nc1CN1CCCCC1=O. The largest absolute Gasteiger partial charge is 0.355 e. The van der Waals surface area contributed by atoms with E-state index >= 15 is 0 Å². The fourth-order valence-corrected chi connectivity index (χ4v) is 6.50. The van der Waals surface area contributed by atoms with Crippen LogP contribution in [0.5, 0.6) is 0 Å². The van der Waals surface area contributed by atoms with E-state index in [9.17, 15) is 28.1 Å². The van der Waals surface area contributed by atoms with Crippen LogP contribution >= 0.6 is 0 Å². The van der Waals surface area contributed by atoms with Crippen molar-refractivity contribution in [2.75, 3.05) is 24.5 Å². The highest BCUT2D eigenvalue weighted by atomic mass is 32.2. The monoisotopic (exact) mass is 579 g/mol. The normalized spacial score (nSPS) is 16.4. The Hall–Kier alpha value is -3.78. The van der Waals surface area contributed by atoms with Crippen LogP contribution in [-0.2, 0) is 31.9 Å². The van der Waals surface area contributed by atoms with Gasteiger partial charge >= 0.3 is 0 Å². The summed E-state index contributed by atoms with van der Waals surface area (Å²) in [7, 11) is -3.85. The zero-order valence-electron chi connectivity index (χ0n) is 23.7. The molecule has 2 saturated heterocycles. The number of aromatic nitrogens is 1. The predicted molar refractivity (Wildman–Crippen MR) is 154 cm³/mol. The van der Waals surface area contributed by atoms with E-state index < -0.39 is 21.8 Å². The standard InChI is InChI=1S/C30H37N5O5S/c1-3-6-27(36)25-17-24(18-31)29(32-26(25)19-35-14-5-4-7-28(35)37)34-15-12-23(13-16-34)30(38)33-41(39,40)20-22-10-8-21(2)9-11-22/h8-11,17,23H,3-7,12-16,19-20H2,1-2H3,(H,33,38). The molecule has 0 saturated carbocycles. The molecule has 1 N–H and O–H groups in total. The minimum Gasteiger partial charge on any atom is -0.355 e. The number of benzene rings is 1. The van der Waals surface area contributed by atoms with Crippen molar-refractivity contribution >= 4 is 33.4 Å². The van der Waals surface area contributed by atoms with Crippen LogP contribution in [0.25, 0.3) is 0 Å². The number of sulfonamides is 1. The number of rotatable bonds is 10. The number of nitriles is 1. The fourth-order valence-electron chi connectivity index (χ4n) is 5.33. The summed E-state index contributed by atoms with van der Waals surface area (Å²) in [5, 5.41) is 9.92. The van der Waals surface area contributed by atoms with E-state index in [1.165, 1.54) is 0 Å². The van der Waals surface area contributed by atoms with E-state index in [1.807, 2.05) is 30.9 Å². The number of Topliss-reactive ketones (excluding diaryl/α,β-unsaturated/α-hetero) is 1. The van der Waals surface area contributed by atoms with Crippen LogP contribution in [0.4, 0.5) is 5.82 Å². The maximum absolute atomic E-state index is 12.9. The Morgan fingerprint density at radius 1 is 1.12 bits per heavy atom. The second-order valence-corrected chi connectivity index (χ2v) is 12.6. The van der Waals surface area contributed by atoms with Gasteiger partial charge in [-0.15, -0.1) is 0 Å². The highest BCUT2D eigenvalue weighted by Crippen LogP contribution is 2.28.